The molecule has 4 rings (SSSR count). The quantitative estimate of drug-likeness (QED) is 0.498. The lowest BCUT2D eigenvalue weighted by molar-refractivity contribution is -0.118. The Labute approximate surface area is 196 Å². The first-order chi connectivity index (χ1) is 16.5. The van der Waals surface area contributed by atoms with Crippen molar-refractivity contribution in [3.63, 3.8) is 0 Å². The number of nitrogens with zero attached hydrogens (tertiary/aromatic N) is 2. The summed E-state index contributed by atoms with van der Waals surface area (Å²) in [4.78, 5) is 37.5. The lowest BCUT2D eigenvalue weighted by Crippen LogP contribution is -2.31. The second-order valence-corrected chi connectivity index (χ2v) is 8.43. The molecule has 0 radical (unpaired) electrons. The van der Waals surface area contributed by atoms with Gasteiger partial charge in [-0.2, -0.15) is 5.10 Å². The number of nitrogens with one attached hydrogen (secondary N) is 2. The molecule has 2 amide bonds. The van der Waals surface area contributed by atoms with Crippen LogP contribution in [0.3, 0.4) is 0 Å². The van der Waals surface area contributed by atoms with Crippen LogP contribution in [0.15, 0.2) is 18.2 Å². The molecule has 2 atom stereocenters. The number of carbonyl (C=O) groups is 3. The predicted octanol–water partition coefficient (Wildman–Crippen LogP) is 2.82. The molecule has 1 aliphatic heterocycles. The first kappa shape index (κ1) is 23.4. The molecule has 2 fully saturated rings. The topological polar surface area (TPSA) is 143 Å². The van der Waals surface area contributed by atoms with Crippen LogP contribution in [0, 0.1) is 0 Å². The van der Waals surface area contributed by atoms with E-state index in [9.17, 15) is 19.5 Å². The third-order valence-electron chi connectivity index (χ3n) is 6.13. The van der Waals surface area contributed by atoms with Crippen LogP contribution >= 0.6 is 0 Å². The zero-order valence-electron chi connectivity index (χ0n) is 18.9. The smallest absolute Gasteiger partial charge is 0.410 e. The molecule has 2 unspecified atom stereocenters. The molecule has 1 aromatic heterocycles. The number of hydrogen-bond acceptors (Lipinski definition) is 8. The van der Waals surface area contributed by atoms with Crippen LogP contribution in [0.25, 0.3) is 0 Å². The Hall–Kier alpha value is -3.76. The Bertz CT molecular complexity index is 1050. The summed E-state index contributed by atoms with van der Waals surface area (Å²) in [7, 11) is 1.41. The van der Waals surface area contributed by atoms with Gasteiger partial charge in [0.15, 0.2) is 18.7 Å². The number of carbonyl (C=O) groups excluding carboxylic acids is 3. The monoisotopic (exact) mass is 472 g/mol. The molecular weight excluding hydrogens is 444 g/mol. The molecule has 34 heavy (non-hydrogen) atoms. The number of rotatable bonds is 8. The summed E-state index contributed by atoms with van der Waals surface area (Å²) in [5.41, 5.74) is 0.786. The number of amides is 2. The number of H-pyrrole nitrogens is 1. The average Bonchev–Trinajstić information content (AvgIpc) is 3.59. The van der Waals surface area contributed by atoms with Gasteiger partial charge < -0.3 is 29.5 Å². The Morgan fingerprint density at radius 2 is 2.06 bits per heavy atom. The summed E-state index contributed by atoms with van der Waals surface area (Å²) in [5, 5.41) is 19.6. The van der Waals surface area contributed by atoms with Gasteiger partial charge in [0.25, 0.3) is 5.91 Å². The van der Waals surface area contributed by atoms with Crippen LogP contribution < -0.4 is 14.8 Å². The van der Waals surface area contributed by atoms with Gasteiger partial charge in [0, 0.05) is 42.9 Å². The van der Waals surface area contributed by atoms with E-state index in [1.54, 1.807) is 11.0 Å². The summed E-state index contributed by atoms with van der Waals surface area (Å²) in [6, 6.07) is 4.45. The number of ether oxygens (including phenoxy) is 3. The average molecular weight is 472 g/mol. The molecule has 3 N–H and O–H groups in total. The van der Waals surface area contributed by atoms with Crippen LogP contribution in [0.4, 0.5) is 10.6 Å². The fraction of sp³-hybridized carbons (Fsp3) is 0.478. The van der Waals surface area contributed by atoms with Crippen LogP contribution in [0.2, 0.25) is 0 Å². The molecule has 2 heterocycles. The maximum Gasteiger partial charge on any atom is 0.410 e. The van der Waals surface area contributed by atoms with Gasteiger partial charge in [-0.1, -0.05) is 0 Å². The van der Waals surface area contributed by atoms with Crippen LogP contribution in [-0.2, 0) is 9.53 Å². The van der Waals surface area contributed by atoms with Crippen LogP contribution in [-0.4, -0.2) is 71.4 Å². The van der Waals surface area contributed by atoms with Crippen molar-refractivity contribution >= 4 is 24.1 Å². The largest absolute Gasteiger partial charge is 0.507 e. The van der Waals surface area contributed by atoms with Crippen molar-refractivity contribution in [1.82, 2.24) is 15.1 Å². The highest BCUT2D eigenvalue weighted by Gasteiger charge is 2.31. The van der Waals surface area contributed by atoms with E-state index >= 15 is 0 Å². The number of hydrogen-bond donors (Lipinski definition) is 3. The molecule has 0 bridgehead atoms. The van der Waals surface area contributed by atoms with E-state index in [4.69, 9.17) is 14.2 Å². The fourth-order valence-corrected chi connectivity index (χ4v) is 4.32. The molecule has 1 saturated heterocycles. The third-order valence-corrected chi connectivity index (χ3v) is 6.13. The molecule has 182 valence electrons. The summed E-state index contributed by atoms with van der Waals surface area (Å²) >= 11 is 0. The van der Waals surface area contributed by atoms with Crippen LogP contribution in [0.5, 0.6) is 17.2 Å². The van der Waals surface area contributed by atoms with Crippen molar-refractivity contribution in [2.75, 3.05) is 32.1 Å². The number of aromatic hydroxyl groups is 1. The van der Waals surface area contributed by atoms with Crippen molar-refractivity contribution in [2.24, 2.45) is 0 Å². The highest BCUT2D eigenvalue weighted by Crippen LogP contribution is 2.36. The number of aromatic nitrogens is 2. The molecule has 2 aromatic rings. The van der Waals surface area contributed by atoms with Crippen molar-refractivity contribution in [3.05, 3.63) is 29.5 Å². The van der Waals surface area contributed by atoms with Gasteiger partial charge in [0.1, 0.15) is 23.4 Å². The van der Waals surface area contributed by atoms with E-state index in [-0.39, 0.29) is 40.9 Å². The first-order valence-electron chi connectivity index (χ1n) is 11.3. The number of aromatic amines is 1. The number of benzene rings is 1. The SMILES string of the molecule is COc1cc(O)c(C=O)c(OCC(=O)Nc2cc(C3CCC(OC(=O)N4CCCC4)C3)[nH]n2)c1. The van der Waals surface area contributed by atoms with Crippen LogP contribution in [0.1, 0.15) is 54.1 Å². The van der Waals surface area contributed by atoms with Crippen molar-refractivity contribution in [2.45, 2.75) is 44.1 Å². The number of phenols is 1. The van der Waals surface area contributed by atoms with E-state index in [0.29, 0.717) is 18.5 Å². The first-order valence-corrected chi connectivity index (χ1v) is 11.3. The minimum Gasteiger partial charge on any atom is -0.507 e. The second-order valence-electron chi connectivity index (χ2n) is 8.43. The van der Waals surface area contributed by atoms with Crippen molar-refractivity contribution < 1.29 is 33.7 Å². The molecular formula is C23H28N4O7. The van der Waals surface area contributed by atoms with Gasteiger partial charge in [-0.15, -0.1) is 0 Å². The number of methoxy groups -OCH3 is 1. The Kier molecular flexibility index (Phi) is 7.19. The molecule has 11 nitrogen and oxygen atoms in total. The second kappa shape index (κ2) is 10.4. The number of phenolic OH excluding ortho intramolecular Hbond substituents is 1. The number of aldehydes is 1. The highest BCUT2D eigenvalue weighted by molar-refractivity contribution is 5.91. The maximum absolute atomic E-state index is 12.3. The molecule has 1 saturated carbocycles. The Morgan fingerprint density at radius 3 is 2.79 bits per heavy atom. The minimum atomic E-state index is -0.485. The summed E-state index contributed by atoms with van der Waals surface area (Å²) in [6.45, 7) is 1.13. The highest BCUT2D eigenvalue weighted by atomic mass is 16.6. The van der Waals surface area contributed by atoms with Crippen molar-refractivity contribution in [3.8, 4) is 17.2 Å². The van der Waals surface area contributed by atoms with Gasteiger partial charge in [-0.25, -0.2) is 4.79 Å². The minimum absolute atomic E-state index is 0.0326. The van der Waals surface area contributed by atoms with E-state index in [0.717, 1.165) is 44.5 Å². The number of likely N-dealkylation sites (tertiary alicyclic amines) is 1. The third kappa shape index (κ3) is 5.41. The van der Waals surface area contributed by atoms with Gasteiger partial charge in [0.2, 0.25) is 0 Å². The lowest BCUT2D eigenvalue weighted by Gasteiger charge is -2.19. The zero-order chi connectivity index (χ0) is 24.1. The standard InChI is InChI=1S/C23H28N4O7/c1-32-16-9-19(29)17(12-28)20(10-16)33-13-22(30)24-21-11-18(25-26-21)14-4-5-15(8-14)34-23(31)27-6-2-3-7-27/h9-12,14-15,29H,2-8,13H2,1H3,(H2,24,25,26,30). The predicted molar refractivity (Wildman–Crippen MR) is 120 cm³/mol. The summed E-state index contributed by atoms with van der Waals surface area (Å²) in [6.07, 6.45) is 4.47. The van der Waals surface area contributed by atoms with Crippen molar-refractivity contribution in [1.29, 1.82) is 0 Å². The Morgan fingerprint density at radius 1 is 1.26 bits per heavy atom. The molecule has 0 spiro atoms. The van der Waals surface area contributed by atoms with Gasteiger partial charge in [0.05, 0.1) is 12.7 Å². The van der Waals surface area contributed by atoms with E-state index in [1.807, 2.05) is 0 Å². The summed E-state index contributed by atoms with van der Waals surface area (Å²) < 4.78 is 16.1. The van der Waals surface area contributed by atoms with E-state index in [1.165, 1.54) is 19.2 Å². The molecule has 1 aromatic carbocycles. The molecule has 11 heteroatoms. The molecule has 2 aliphatic rings. The fourth-order valence-electron chi connectivity index (χ4n) is 4.32. The van der Waals surface area contributed by atoms with E-state index in [2.05, 4.69) is 15.5 Å². The summed E-state index contributed by atoms with van der Waals surface area (Å²) in [5.74, 6) is 0.0243. The molecule has 1 aliphatic carbocycles. The maximum atomic E-state index is 12.3. The number of anilines is 1. The zero-order valence-corrected chi connectivity index (χ0v) is 18.9. The van der Waals surface area contributed by atoms with Gasteiger partial charge in [-0.3, -0.25) is 14.7 Å². The Balaban J connectivity index is 1.28. The van der Waals surface area contributed by atoms with E-state index < -0.39 is 12.5 Å². The lowest BCUT2D eigenvalue weighted by atomic mass is 10.0. The van der Waals surface area contributed by atoms with Gasteiger partial charge >= 0.3 is 6.09 Å². The van der Waals surface area contributed by atoms with Gasteiger partial charge in [-0.05, 0) is 32.1 Å². The normalized spacial score (nSPS) is 19.6.